The minimum absolute atomic E-state index is 0.158. The molecule has 0 radical (unpaired) electrons. The van der Waals surface area contributed by atoms with E-state index in [1.165, 1.54) is 24.7 Å². The molecule has 0 aliphatic carbocycles. The maximum atomic E-state index is 13.3. The summed E-state index contributed by atoms with van der Waals surface area (Å²) in [5.41, 5.74) is 0.438. The van der Waals surface area contributed by atoms with E-state index in [4.69, 9.17) is 16.7 Å². The zero-order chi connectivity index (χ0) is 12.4. The highest BCUT2D eigenvalue weighted by Crippen LogP contribution is 2.26. The number of carboxylic acids is 1. The monoisotopic (exact) mass is 252 g/mol. The van der Waals surface area contributed by atoms with Crippen LogP contribution in [-0.4, -0.2) is 21.0 Å². The Hall–Kier alpha value is -2.01. The van der Waals surface area contributed by atoms with Gasteiger partial charge < -0.3 is 5.11 Å². The van der Waals surface area contributed by atoms with Crippen LogP contribution in [0.1, 0.15) is 10.4 Å². The fourth-order valence-corrected chi connectivity index (χ4v) is 1.59. The standard InChI is InChI=1S/C11H6ClFN2O2/c12-9-4-14-5-15-10(9)6-1-7(11(16)17)3-8(13)2-6/h1-5H,(H,16,17). The van der Waals surface area contributed by atoms with Crippen molar-refractivity contribution in [2.24, 2.45) is 0 Å². The predicted octanol–water partition coefficient (Wildman–Crippen LogP) is 2.63. The topological polar surface area (TPSA) is 63.1 Å². The Morgan fingerprint density at radius 1 is 1.35 bits per heavy atom. The van der Waals surface area contributed by atoms with Gasteiger partial charge in [-0.05, 0) is 18.2 Å². The van der Waals surface area contributed by atoms with Crippen LogP contribution in [0, 0.1) is 5.82 Å². The Bertz CT molecular complexity index is 589. The number of halogens is 2. The van der Waals surface area contributed by atoms with Gasteiger partial charge in [0.1, 0.15) is 12.1 Å². The summed E-state index contributed by atoms with van der Waals surface area (Å²) in [5.74, 6) is -1.87. The zero-order valence-corrected chi connectivity index (χ0v) is 9.15. The average Bonchev–Trinajstić information content (AvgIpc) is 2.28. The maximum absolute atomic E-state index is 13.3. The molecule has 0 bridgehead atoms. The first kappa shape index (κ1) is 11.5. The first-order chi connectivity index (χ1) is 8.08. The molecule has 2 aromatic rings. The second-order valence-electron chi connectivity index (χ2n) is 3.25. The number of nitrogens with zero attached hydrogens (tertiary/aromatic N) is 2. The maximum Gasteiger partial charge on any atom is 0.335 e. The van der Waals surface area contributed by atoms with Gasteiger partial charge in [-0.25, -0.2) is 19.2 Å². The SMILES string of the molecule is O=C(O)c1cc(F)cc(-c2ncncc2Cl)c1. The highest BCUT2D eigenvalue weighted by atomic mass is 35.5. The van der Waals surface area contributed by atoms with Crippen molar-refractivity contribution in [3.63, 3.8) is 0 Å². The summed E-state index contributed by atoms with van der Waals surface area (Å²) in [5, 5.41) is 9.05. The van der Waals surface area contributed by atoms with Crippen molar-refractivity contribution in [2.75, 3.05) is 0 Å². The molecule has 2 rings (SSSR count). The molecule has 1 aromatic heterocycles. The van der Waals surface area contributed by atoms with Gasteiger partial charge >= 0.3 is 5.97 Å². The molecule has 0 atom stereocenters. The largest absolute Gasteiger partial charge is 0.478 e. The van der Waals surface area contributed by atoms with Gasteiger partial charge in [-0.2, -0.15) is 0 Å². The Kier molecular flexibility index (Phi) is 3.01. The van der Waals surface area contributed by atoms with Crippen molar-refractivity contribution in [1.82, 2.24) is 9.97 Å². The van der Waals surface area contributed by atoms with E-state index in [0.29, 0.717) is 11.3 Å². The van der Waals surface area contributed by atoms with Crippen molar-refractivity contribution in [3.05, 3.63) is 47.1 Å². The van der Waals surface area contributed by atoms with Crippen LogP contribution >= 0.6 is 11.6 Å². The Labute approximate surface area is 101 Å². The van der Waals surface area contributed by atoms with E-state index in [2.05, 4.69) is 9.97 Å². The molecule has 86 valence electrons. The number of aromatic nitrogens is 2. The molecule has 1 N–H and O–H groups in total. The summed E-state index contributed by atoms with van der Waals surface area (Å²) < 4.78 is 13.3. The first-order valence-electron chi connectivity index (χ1n) is 4.57. The third-order valence-corrected chi connectivity index (χ3v) is 2.36. The van der Waals surface area contributed by atoms with Gasteiger partial charge in [-0.1, -0.05) is 11.6 Å². The van der Waals surface area contributed by atoms with Gasteiger partial charge in [-0.15, -0.1) is 0 Å². The van der Waals surface area contributed by atoms with E-state index in [9.17, 15) is 9.18 Å². The van der Waals surface area contributed by atoms with Crippen LogP contribution in [0.25, 0.3) is 11.3 Å². The van der Waals surface area contributed by atoms with Crippen LogP contribution in [0.2, 0.25) is 5.02 Å². The number of carboxylic acid groups (broad SMARTS) is 1. The average molecular weight is 253 g/mol. The van der Waals surface area contributed by atoms with Gasteiger partial charge in [0.2, 0.25) is 0 Å². The van der Waals surface area contributed by atoms with E-state index in [0.717, 1.165) is 6.07 Å². The fourth-order valence-electron chi connectivity index (χ4n) is 1.37. The number of rotatable bonds is 2. The lowest BCUT2D eigenvalue weighted by Crippen LogP contribution is -1.98. The van der Waals surface area contributed by atoms with E-state index < -0.39 is 11.8 Å². The molecule has 0 unspecified atom stereocenters. The van der Waals surface area contributed by atoms with Gasteiger partial charge in [0.15, 0.2) is 0 Å². The minimum Gasteiger partial charge on any atom is -0.478 e. The predicted molar refractivity (Wildman–Crippen MR) is 59.4 cm³/mol. The van der Waals surface area contributed by atoms with Crippen molar-refractivity contribution in [2.45, 2.75) is 0 Å². The van der Waals surface area contributed by atoms with Gasteiger partial charge in [0.25, 0.3) is 0 Å². The van der Waals surface area contributed by atoms with Crippen LogP contribution in [0.15, 0.2) is 30.7 Å². The highest BCUT2D eigenvalue weighted by Gasteiger charge is 2.11. The number of carbonyl (C=O) groups is 1. The summed E-state index contributed by atoms with van der Waals surface area (Å²) >= 11 is 5.85. The van der Waals surface area contributed by atoms with Crippen LogP contribution in [-0.2, 0) is 0 Å². The third-order valence-electron chi connectivity index (χ3n) is 2.09. The van der Waals surface area contributed by atoms with E-state index >= 15 is 0 Å². The van der Waals surface area contributed by atoms with Crippen LogP contribution in [0.3, 0.4) is 0 Å². The lowest BCUT2D eigenvalue weighted by atomic mass is 10.1. The third kappa shape index (κ3) is 2.39. The van der Waals surface area contributed by atoms with Gasteiger partial charge in [-0.3, -0.25) is 0 Å². The molecular formula is C11H6ClFN2O2. The molecule has 0 saturated carbocycles. The van der Waals surface area contributed by atoms with Crippen molar-refractivity contribution in [1.29, 1.82) is 0 Å². The quantitative estimate of drug-likeness (QED) is 0.892. The van der Waals surface area contributed by atoms with Gasteiger partial charge in [0, 0.05) is 11.8 Å². The number of aromatic carboxylic acids is 1. The molecule has 0 fully saturated rings. The molecular weight excluding hydrogens is 247 g/mol. The van der Waals surface area contributed by atoms with Crippen LogP contribution in [0.5, 0.6) is 0 Å². The minimum atomic E-state index is -1.21. The Morgan fingerprint density at radius 3 is 2.76 bits per heavy atom. The van der Waals surface area contributed by atoms with Crippen molar-refractivity contribution in [3.8, 4) is 11.3 Å². The molecule has 0 saturated heterocycles. The summed E-state index contributed by atoms with van der Waals surface area (Å²) in [6.07, 6.45) is 2.61. The molecule has 0 spiro atoms. The smallest absolute Gasteiger partial charge is 0.335 e. The second-order valence-corrected chi connectivity index (χ2v) is 3.66. The molecule has 0 aliphatic heterocycles. The van der Waals surface area contributed by atoms with E-state index in [-0.39, 0.29) is 10.6 Å². The Morgan fingerprint density at radius 2 is 2.12 bits per heavy atom. The van der Waals surface area contributed by atoms with Crippen molar-refractivity contribution < 1.29 is 14.3 Å². The van der Waals surface area contributed by atoms with Gasteiger partial charge in [0.05, 0.1) is 16.3 Å². The molecule has 6 heteroatoms. The molecule has 0 amide bonds. The van der Waals surface area contributed by atoms with Crippen LogP contribution < -0.4 is 0 Å². The molecule has 17 heavy (non-hydrogen) atoms. The van der Waals surface area contributed by atoms with E-state index in [1.54, 1.807) is 0 Å². The fraction of sp³-hybridized carbons (Fsp3) is 0. The van der Waals surface area contributed by atoms with E-state index in [1.807, 2.05) is 0 Å². The lowest BCUT2D eigenvalue weighted by Gasteiger charge is -2.04. The first-order valence-corrected chi connectivity index (χ1v) is 4.95. The second kappa shape index (κ2) is 4.47. The lowest BCUT2D eigenvalue weighted by molar-refractivity contribution is 0.0696. The highest BCUT2D eigenvalue weighted by molar-refractivity contribution is 6.32. The number of hydrogen-bond acceptors (Lipinski definition) is 3. The van der Waals surface area contributed by atoms with Crippen LogP contribution in [0.4, 0.5) is 4.39 Å². The number of benzene rings is 1. The normalized spacial score (nSPS) is 10.2. The van der Waals surface area contributed by atoms with Crippen molar-refractivity contribution >= 4 is 17.6 Å². The summed E-state index contributed by atoms with van der Waals surface area (Å²) in [4.78, 5) is 18.4. The Balaban J connectivity index is 2.60. The summed E-state index contributed by atoms with van der Waals surface area (Å²) in [7, 11) is 0. The molecule has 1 heterocycles. The molecule has 0 aliphatic rings. The summed E-state index contributed by atoms with van der Waals surface area (Å²) in [6, 6.07) is 3.40. The molecule has 1 aromatic carbocycles. The molecule has 4 nitrogen and oxygen atoms in total. The zero-order valence-electron chi connectivity index (χ0n) is 8.39. The summed E-state index contributed by atoms with van der Waals surface area (Å²) in [6.45, 7) is 0. The number of hydrogen-bond donors (Lipinski definition) is 1.